The Morgan fingerprint density at radius 1 is 1.38 bits per heavy atom. The van der Waals surface area contributed by atoms with Crippen LogP contribution in [0.25, 0.3) is 10.9 Å². The molecule has 0 saturated carbocycles. The van der Waals surface area contributed by atoms with E-state index >= 15 is 0 Å². The summed E-state index contributed by atoms with van der Waals surface area (Å²) in [6, 6.07) is 4.73. The first-order valence-electron chi connectivity index (χ1n) is 6.66. The number of nitro benzene ring substituents is 1. The molecule has 1 aromatic carbocycles. The zero-order valence-electron chi connectivity index (χ0n) is 11.2. The minimum atomic E-state index is -0.908. The Balaban J connectivity index is 1.89. The number of non-ortho nitro benzene ring substituents is 1. The van der Waals surface area contributed by atoms with Gasteiger partial charge in [-0.15, -0.1) is 0 Å². The first-order chi connectivity index (χ1) is 10.1. The summed E-state index contributed by atoms with van der Waals surface area (Å²) in [7, 11) is 0. The van der Waals surface area contributed by atoms with Crippen LogP contribution >= 0.6 is 0 Å². The topological polar surface area (TPSA) is 102 Å². The van der Waals surface area contributed by atoms with Crippen molar-refractivity contribution in [3.8, 4) is 0 Å². The van der Waals surface area contributed by atoms with E-state index in [0.717, 1.165) is 10.9 Å². The largest absolute Gasteiger partial charge is 0.465 e. The number of nitro groups is 1. The highest BCUT2D eigenvalue weighted by Gasteiger charge is 2.25. The Kier molecular flexibility index (Phi) is 3.20. The fraction of sp³-hybridized carbons (Fsp3) is 0.385. The highest BCUT2D eigenvalue weighted by atomic mass is 16.6. The van der Waals surface area contributed by atoms with Gasteiger partial charge < -0.3 is 10.0 Å². The smallest absolute Gasteiger partial charge is 0.407 e. The Morgan fingerprint density at radius 3 is 2.71 bits per heavy atom. The molecule has 2 heterocycles. The van der Waals surface area contributed by atoms with Crippen molar-refractivity contribution in [3.63, 3.8) is 0 Å². The number of amides is 1. The average molecular weight is 290 g/mol. The number of nitrogens with zero attached hydrogens (tertiary/aromatic N) is 4. The number of rotatable bonds is 2. The van der Waals surface area contributed by atoms with Gasteiger partial charge in [0.1, 0.15) is 0 Å². The summed E-state index contributed by atoms with van der Waals surface area (Å²) in [6.07, 6.45) is 2.09. The molecule has 3 rings (SSSR count). The zero-order valence-corrected chi connectivity index (χ0v) is 11.2. The molecule has 0 bridgehead atoms. The van der Waals surface area contributed by atoms with E-state index in [1.165, 1.54) is 17.0 Å². The predicted molar refractivity (Wildman–Crippen MR) is 74.3 cm³/mol. The van der Waals surface area contributed by atoms with E-state index in [1.807, 2.05) is 0 Å². The second-order valence-electron chi connectivity index (χ2n) is 5.09. The molecule has 1 amide bonds. The van der Waals surface area contributed by atoms with Crippen molar-refractivity contribution in [2.75, 3.05) is 13.1 Å². The Bertz CT molecular complexity index is 703. The lowest BCUT2D eigenvalue weighted by molar-refractivity contribution is -0.384. The minimum absolute atomic E-state index is 0.0345. The molecule has 1 fully saturated rings. The van der Waals surface area contributed by atoms with Crippen molar-refractivity contribution in [1.29, 1.82) is 0 Å². The highest BCUT2D eigenvalue weighted by molar-refractivity contribution is 5.81. The van der Waals surface area contributed by atoms with Gasteiger partial charge in [0.25, 0.3) is 5.69 Å². The maximum absolute atomic E-state index is 10.9. The monoisotopic (exact) mass is 290 g/mol. The lowest BCUT2D eigenvalue weighted by atomic mass is 10.1. The molecule has 1 aliphatic rings. The van der Waals surface area contributed by atoms with Crippen LogP contribution in [0.1, 0.15) is 18.9 Å². The van der Waals surface area contributed by atoms with Gasteiger partial charge in [-0.1, -0.05) is 0 Å². The van der Waals surface area contributed by atoms with Gasteiger partial charge >= 0.3 is 6.09 Å². The van der Waals surface area contributed by atoms with Crippen molar-refractivity contribution < 1.29 is 14.8 Å². The van der Waals surface area contributed by atoms with Gasteiger partial charge in [-0.05, 0) is 18.9 Å². The lowest BCUT2D eigenvalue weighted by Gasteiger charge is -2.30. The second-order valence-corrected chi connectivity index (χ2v) is 5.09. The van der Waals surface area contributed by atoms with Crippen molar-refractivity contribution in [3.05, 3.63) is 34.5 Å². The van der Waals surface area contributed by atoms with Crippen LogP contribution in [0.5, 0.6) is 0 Å². The molecule has 110 valence electrons. The van der Waals surface area contributed by atoms with E-state index in [4.69, 9.17) is 5.11 Å². The first-order valence-corrected chi connectivity index (χ1v) is 6.66. The maximum atomic E-state index is 10.9. The summed E-state index contributed by atoms with van der Waals surface area (Å²) in [5.74, 6) is 0. The van der Waals surface area contributed by atoms with Gasteiger partial charge in [-0.3, -0.25) is 14.8 Å². The van der Waals surface area contributed by atoms with E-state index < -0.39 is 11.0 Å². The van der Waals surface area contributed by atoms with Crippen LogP contribution in [-0.4, -0.2) is 43.9 Å². The van der Waals surface area contributed by atoms with Crippen LogP contribution in [0, 0.1) is 10.1 Å². The molecule has 0 aliphatic carbocycles. The number of benzene rings is 1. The second kappa shape index (κ2) is 5.04. The fourth-order valence-electron chi connectivity index (χ4n) is 2.73. The van der Waals surface area contributed by atoms with Gasteiger partial charge in [0.2, 0.25) is 0 Å². The van der Waals surface area contributed by atoms with Crippen LogP contribution in [0.15, 0.2) is 24.4 Å². The van der Waals surface area contributed by atoms with Crippen LogP contribution in [0.2, 0.25) is 0 Å². The SMILES string of the molecule is O=C(O)N1CCC(n2ncc3ccc([N+](=O)[O-])cc32)CC1. The third-order valence-electron chi connectivity index (χ3n) is 3.87. The summed E-state index contributed by atoms with van der Waals surface area (Å²) in [6.45, 7) is 0.909. The normalized spacial score (nSPS) is 16.3. The van der Waals surface area contributed by atoms with E-state index in [2.05, 4.69) is 5.10 Å². The Labute approximate surface area is 119 Å². The fourth-order valence-corrected chi connectivity index (χ4v) is 2.73. The minimum Gasteiger partial charge on any atom is -0.465 e. The van der Waals surface area contributed by atoms with E-state index in [1.54, 1.807) is 16.9 Å². The van der Waals surface area contributed by atoms with Crippen LogP contribution in [0.3, 0.4) is 0 Å². The third-order valence-corrected chi connectivity index (χ3v) is 3.87. The Morgan fingerprint density at radius 2 is 2.10 bits per heavy atom. The molecular weight excluding hydrogens is 276 g/mol. The molecule has 1 saturated heterocycles. The maximum Gasteiger partial charge on any atom is 0.407 e. The highest BCUT2D eigenvalue weighted by Crippen LogP contribution is 2.28. The first kappa shape index (κ1) is 13.3. The molecule has 8 heteroatoms. The quantitative estimate of drug-likeness (QED) is 0.675. The number of hydrogen-bond acceptors (Lipinski definition) is 4. The van der Waals surface area contributed by atoms with E-state index in [9.17, 15) is 14.9 Å². The molecule has 1 aromatic heterocycles. The lowest BCUT2D eigenvalue weighted by Crippen LogP contribution is -2.38. The Hall–Kier alpha value is -2.64. The number of piperidine rings is 1. The molecule has 0 radical (unpaired) electrons. The standard InChI is InChI=1S/C13H14N4O4/c18-13(19)15-5-3-10(4-6-15)16-12-7-11(17(20)21)2-1-9(12)8-14-16/h1-2,7-8,10H,3-6H2,(H,18,19). The summed E-state index contributed by atoms with van der Waals surface area (Å²) < 4.78 is 1.78. The molecule has 0 spiro atoms. The number of likely N-dealkylation sites (tertiary alicyclic amines) is 1. The molecule has 1 aliphatic heterocycles. The summed E-state index contributed by atoms with van der Waals surface area (Å²) in [4.78, 5) is 22.7. The predicted octanol–water partition coefficient (Wildman–Crippen LogP) is 2.26. The van der Waals surface area contributed by atoms with Crippen molar-refractivity contribution >= 4 is 22.7 Å². The molecule has 1 N–H and O–H groups in total. The molecule has 2 aromatic rings. The number of carbonyl (C=O) groups is 1. The summed E-state index contributed by atoms with van der Waals surface area (Å²) in [5.41, 5.74) is 0.755. The van der Waals surface area contributed by atoms with Crippen LogP contribution < -0.4 is 0 Å². The molecular formula is C13H14N4O4. The van der Waals surface area contributed by atoms with E-state index in [0.29, 0.717) is 25.9 Å². The molecule has 21 heavy (non-hydrogen) atoms. The van der Waals surface area contributed by atoms with Gasteiger partial charge in [0.15, 0.2) is 0 Å². The number of aromatic nitrogens is 2. The van der Waals surface area contributed by atoms with Crippen molar-refractivity contribution in [2.45, 2.75) is 18.9 Å². The van der Waals surface area contributed by atoms with Gasteiger partial charge in [-0.2, -0.15) is 5.10 Å². The average Bonchev–Trinajstić information content (AvgIpc) is 2.90. The number of hydrogen-bond donors (Lipinski definition) is 1. The molecule has 0 atom stereocenters. The van der Waals surface area contributed by atoms with E-state index in [-0.39, 0.29) is 11.7 Å². The summed E-state index contributed by atoms with van der Waals surface area (Å²) in [5, 5.41) is 25.0. The zero-order chi connectivity index (χ0) is 15.0. The van der Waals surface area contributed by atoms with Crippen LogP contribution in [0.4, 0.5) is 10.5 Å². The molecule has 0 unspecified atom stereocenters. The van der Waals surface area contributed by atoms with Gasteiger partial charge in [0, 0.05) is 30.6 Å². The van der Waals surface area contributed by atoms with Crippen LogP contribution in [-0.2, 0) is 0 Å². The molecule has 8 nitrogen and oxygen atoms in total. The van der Waals surface area contributed by atoms with Crippen molar-refractivity contribution in [2.24, 2.45) is 0 Å². The number of fused-ring (bicyclic) bond motifs is 1. The van der Waals surface area contributed by atoms with Crippen molar-refractivity contribution in [1.82, 2.24) is 14.7 Å². The van der Waals surface area contributed by atoms with Gasteiger partial charge in [0.05, 0.1) is 22.7 Å². The number of carboxylic acid groups (broad SMARTS) is 1. The summed E-state index contributed by atoms with van der Waals surface area (Å²) >= 11 is 0. The third kappa shape index (κ3) is 2.39. The van der Waals surface area contributed by atoms with Gasteiger partial charge in [-0.25, -0.2) is 4.79 Å².